The van der Waals surface area contributed by atoms with Gasteiger partial charge in [-0.05, 0) is 24.2 Å². The molecule has 0 aliphatic rings. The first-order valence-corrected chi connectivity index (χ1v) is 9.54. The summed E-state index contributed by atoms with van der Waals surface area (Å²) in [6, 6.07) is 16.3. The zero-order valence-corrected chi connectivity index (χ0v) is 12.4. The van der Waals surface area contributed by atoms with Crippen molar-refractivity contribution in [2.24, 2.45) is 0 Å². The van der Waals surface area contributed by atoms with Gasteiger partial charge in [-0.2, -0.15) is 0 Å². The van der Waals surface area contributed by atoms with Crippen LogP contribution >= 0.6 is 22.2 Å². The number of benzene rings is 2. The summed E-state index contributed by atoms with van der Waals surface area (Å²) in [5.74, 6) is 0. The van der Waals surface area contributed by atoms with Gasteiger partial charge in [0, 0.05) is 0 Å². The minimum atomic E-state index is -2.57. The van der Waals surface area contributed by atoms with Gasteiger partial charge >= 0.3 is 6.69 Å². The van der Waals surface area contributed by atoms with E-state index in [-0.39, 0.29) is 0 Å². The molecule has 0 amide bonds. The summed E-state index contributed by atoms with van der Waals surface area (Å²) in [5.41, 5.74) is 2.38. The maximum absolute atomic E-state index is 6.64. The van der Waals surface area contributed by atoms with Gasteiger partial charge in [0.2, 0.25) is 0 Å². The average molecular weight is 281 g/mol. The molecule has 0 unspecified atom stereocenters. The molecule has 0 spiro atoms. The van der Waals surface area contributed by atoms with Crippen molar-refractivity contribution >= 4 is 39.2 Å². The molecule has 0 bridgehead atoms. The molecule has 0 fully saturated rings. The van der Waals surface area contributed by atoms with Crippen LogP contribution in [0.25, 0.3) is 0 Å². The van der Waals surface area contributed by atoms with E-state index in [9.17, 15) is 0 Å². The quantitative estimate of drug-likeness (QED) is 0.585. The first-order valence-electron chi connectivity index (χ1n) is 5.52. The predicted molar refractivity (Wildman–Crippen MR) is 79.1 cm³/mol. The van der Waals surface area contributed by atoms with E-state index in [2.05, 4.69) is 38.1 Å². The van der Waals surface area contributed by atoms with E-state index in [1.807, 2.05) is 24.3 Å². The van der Waals surface area contributed by atoms with E-state index < -0.39 is 6.69 Å². The van der Waals surface area contributed by atoms with Crippen molar-refractivity contribution < 1.29 is 0 Å². The van der Waals surface area contributed by atoms with Crippen LogP contribution in [0.1, 0.15) is 11.1 Å². The maximum Gasteiger partial charge on any atom is 0.310 e. The highest BCUT2D eigenvalue weighted by Crippen LogP contribution is 2.16. The van der Waals surface area contributed by atoms with Crippen molar-refractivity contribution in [2.75, 3.05) is 0 Å². The molecule has 0 nitrogen and oxygen atoms in total. The summed E-state index contributed by atoms with van der Waals surface area (Å²) in [5, 5.41) is 2.10. The molecule has 88 valence electrons. The van der Waals surface area contributed by atoms with Crippen LogP contribution in [0.15, 0.2) is 48.5 Å². The van der Waals surface area contributed by atoms with Gasteiger partial charge in [0.25, 0.3) is 0 Å². The zero-order chi connectivity index (χ0) is 12.5. The van der Waals surface area contributed by atoms with Crippen LogP contribution in [0.5, 0.6) is 0 Å². The summed E-state index contributed by atoms with van der Waals surface area (Å²) >= 11 is 13.3. The maximum atomic E-state index is 6.64. The van der Waals surface area contributed by atoms with Gasteiger partial charge in [-0.15, -0.1) is 22.2 Å². The Morgan fingerprint density at radius 2 is 1.18 bits per heavy atom. The van der Waals surface area contributed by atoms with Crippen molar-refractivity contribution in [2.45, 2.75) is 13.8 Å². The molecule has 0 aliphatic heterocycles. The second-order valence-corrected chi connectivity index (χ2v) is 10.6. The van der Waals surface area contributed by atoms with Crippen molar-refractivity contribution in [3.8, 4) is 0 Å². The minimum absolute atomic E-state index is 1.05. The zero-order valence-electron chi connectivity index (χ0n) is 9.87. The lowest BCUT2D eigenvalue weighted by molar-refractivity contribution is 1.48. The third kappa shape index (κ3) is 2.74. The van der Waals surface area contributed by atoms with Crippen LogP contribution in [0, 0.1) is 13.8 Å². The van der Waals surface area contributed by atoms with Gasteiger partial charge in [0.05, 0.1) is 0 Å². The molecule has 2 rings (SSSR count). The fraction of sp³-hybridized carbons (Fsp3) is 0.143. The van der Waals surface area contributed by atoms with Gasteiger partial charge in [-0.3, -0.25) is 0 Å². The standard InChI is InChI=1S/C14H14Cl2Si/c1-11-5-3-7-13(9-11)17(15,16)14-8-4-6-12(2)10-14/h3-10H,1-2H3. The van der Waals surface area contributed by atoms with Gasteiger partial charge in [0.15, 0.2) is 0 Å². The molecule has 0 heterocycles. The van der Waals surface area contributed by atoms with Crippen molar-refractivity contribution in [3.63, 3.8) is 0 Å². The smallest absolute Gasteiger partial charge is 0.134 e. The third-order valence-electron chi connectivity index (χ3n) is 2.76. The monoisotopic (exact) mass is 280 g/mol. The highest BCUT2D eigenvalue weighted by atomic mass is 35.7. The van der Waals surface area contributed by atoms with Crippen LogP contribution < -0.4 is 10.4 Å². The van der Waals surface area contributed by atoms with Crippen molar-refractivity contribution in [3.05, 3.63) is 59.7 Å². The number of hydrogen-bond acceptors (Lipinski definition) is 0. The summed E-state index contributed by atoms with van der Waals surface area (Å²) < 4.78 is 0. The minimum Gasteiger partial charge on any atom is -0.134 e. The van der Waals surface area contributed by atoms with Gasteiger partial charge in [-0.25, -0.2) is 0 Å². The largest absolute Gasteiger partial charge is 0.310 e. The molecule has 17 heavy (non-hydrogen) atoms. The Morgan fingerprint density at radius 1 is 0.765 bits per heavy atom. The van der Waals surface area contributed by atoms with Crippen LogP contribution in [-0.2, 0) is 0 Å². The van der Waals surface area contributed by atoms with Crippen LogP contribution in [0.4, 0.5) is 0 Å². The molecule has 0 aromatic heterocycles. The molecule has 2 aromatic rings. The number of aryl methyl sites for hydroxylation is 2. The van der Waals surface area contributed by atoms with E-state index in [0.29, 0.717) is 0 Å². The highest BCUT2D eigenvalue weighted by Gasteiger charge is 2.33. The van der Waals surface area contributed by atoms with Crippen molar-refractivity contribution in [1.82, 2.24) is 0 Å². The fourth-order valence-corrected chi connectivity index (χ4v) is 5.02. The second kappa shape index (κ2) is 4.85. The van der Waals surface area contributed by atoms with E-state index >= 15 is 0 Å². The molecule has 0 saturated carbocycles. The molecule has 0 radical (unpaired) electrons. The Bertz CT molecular complexity index is 488. The van der Waals surface area contributed by atoms with E-state index in [0.717, 1.165) is 10.4 Å². The number of hydrogen-bond donors (Lipinski definition) is 0. The van der Waals surface area contributed by atoms with Crippen LogP contribution in [-0.4, -0.2) is 6.69 Å². The van der Waals surface area contributed by atoms with E-state index in [1.54, 1.807) is 0 Å². The topological polar surface area (TPSA) is 0 Å². The number of rotatable bonds is 2. The average Bonchev–Trinajstić information content (AvgIpc) is 2.29. The highest BCUT2D eigenvalue weighted by molar-refractivity contribution is 7.56. The first kappa shape index (κ1) is 12.7. The second-order valence-electron chi connectivity index (χ2n) is 4.31. The summed E-state index contributed by atoms with van der Waals surface area (Å²) in [6.07, 6.45) is 0. The van der Waals surface area contributed by atoms with Gasteiger partial charge in [0.1, 0.15) is 0 Å². The lowest BCUT2D eigenvalue weighted by atomic mass is 10.2. The molecule has 0 atom stereocenters. The van der Waals surface area contributed by atoms with E-state index in [4.69, 9.17) is 22.2 Å². The molecule has 0 saturated heterocycles. The Labute approximate surface area is 113 Å². The normalized spacial score (nSPS) is 11.5. The fourth-order valence-electron chi connectivity index (χ4n) is 1.85. The molecular formula is C14H14Cl2Si. The first-order chi connectivity index (χ1) is 8.00. The van der Waals surface area contributed by atoms with Gasteiger partial charge in [-0.1, -0.05) is 59.7 Å². The van der Waals surface area contributed by atoms with Crippen molar-refractivity contribution in [1.29, 1.82) is 0 Å². The van der Waals surface area contributed by atoms with Crippen LogP contribution in [0.3, 0.4) is 0 Å². The Kier molecular flexibility index (Phi) is 3.62. The SMILES string of the molecule is Cc1cccc([Si](Cl)(Cl)c2cccc(C)c2)c1. The predicted octanol–water partition coefficient (Wildman–Crippen LogP) is 3.34. The number of halogens is 2. The van der Waals surface area contributed by atoms with Crippen LogP contribution in [0.2, 0.25) is 0 Å². The molecule has 0 aliphatic carbocycles. The summed E-state index contributed by atoms with van der Waals surface area (Å²) in [4.78, 5) is 0. The Hall–Kier alpha value is -0.763. The lowest BCUT2D eigenvalue weighted by Gasteiger charge is -2.18. The van der Waals surface area contributed by atoms with Gasteiger partial charge < -0.3 is 0 Å². The molecule has 0 N–H and O–H groups in total. The third-order valence-corrected chi connectivity index (χ3v) is 7.45. The summed E-state index contributed by atoms with van der Waals surface area (Å²) in [6.45, 7) is 1.53. The Morgan fingerprint density at radius 3 is 1.53 bits per heavy atom. The summed E-state index contributed by atoms with van der Waals surface area (Å²) in [7, 11) is 0. The lowest BCUT2D eigenvalue weighted by Crippen LogP contribution is -2.48. The van der Waals surface area contributed by atoms with E-state index in [1.165, 1.54) is 11.1 Å². The molecule has 3 heteroatoms. The Balaban J connectivity index is 2.49. The molecular weight excluding hydrogens is 267 g/mol. The molecule has 2 aromatic carbocycles.